The van der Waals surface area contributed by atoms with E-state index < -0.39 is 23.5 Å². The Labute approximate surface area is 153 Å². The van der Waals surface area contributed by atoms with E-state index in [1.807, 2.05) is 0 Å². The molecule has 9 heteroatoms. The lowest BCUT2D eigenvalue weighted by Gasteiger charge is -2.06. The second-order valence-electron chi connectivity index (χ2n) is 5.40. The molecule has 2 aromatic rings. The van der Waals surface area contributed by atoms with Gasteiger partial charge in [-0.3, -0.25) is 24.5 Å². The number of carbonyl (C=O) groups excluding carboxylic acids is 4. The molecule has 1 aromatic carbocycles. The monoisotopic (exact) mass is 377 g/mol. The molecule has 0 spiro atoms. The summed E-state index contributed by atoms with van der Waals surface area (Å²) in [6, 6.07) is 6.11. The van der Waals surface area contributed by atoms with Gasteiger partial charge in [-0.25, -0.2) is 0 Å². The number of nitrogens with one attached hydrogen (secondary N) is 2. The average Bonchev–Trinajstić information content (AvgIpc) is 2.89. The summed E-state index contributed by atoms with van der Waals surface area (Å²) in [5.41, 5.74) is 5.41. The zero-order chi connectivity index (χ0) is 19.4. The SMILES string of the molecule is CC(=O)c1c(C)oc(NC(=O)CNC(=O)c2ccc(Cl)cc2)c1C(N)=O. The van der Waals surface area contributed by atoms with E-state index in [9.17, 15) is 19.2 Å². The Morgan fingerprint density at radius 1 is 1.12 bits per heavy atom. The number of carbonyl (C=O) groups is 4. The van der Waals surface area contributed by atoms with Gasteiger partial charge < -0.3 is 15.5 Å². The summed E-state index contributed by atoms with van der Waals surface area (Å²) in [4.78, 5) is 47.2. The number of Topliss-reactive ketones (excluding diaryl/α,β-unsaturated/α-hetero) is 1. The molecule has 0 aliphatic rings. The smallest absolute Gasteiger partial charge is 0.255 e. The number of hydrogen-bond donors (Lipinski definition) is 3. The maximum absolute atomic E-state index is 12.0. The fourth-order valence-electron chi connectivity index (χ4n) is 2.33. The Balaban J connectivity index is 2.07. The molecule has 0 aliphatic carbocycles. The third-order valence-electron chi connectivity index (χ3n) is 3.45. The Morgan fingerprint density at radius 3 is 2.27 bits per heavy atom. The molecule has 8 nitrogen and oxygen atoms in total. The van der Waals surface area contributed by atoms with Gasteiger partial charge in [-0.1, -0.05) is 11.6 Å². The highest BCUT2D eigenvalue weighted by Gasteiger charge is 2.26. The molecular formula is C17H16ClN3O5. The number of ketones is 1. The molecule has 0 fully saturated rings. The number of amides is 3. The lowest BCUT2D eigenvalue weighted by Crippen LogP contribution is -2.33. The van der Waals surface area contributed by atoms with Crippen molar-refractivity contribution in [3.63, 3.8) is 0 Å². The van der Waals surface area contributed by atoms with Crippen molar-refractivity contribution in [2.75, 3.05) is 11.9 Å². The van der Waals surface area contributed by atoms with Gasteiger partial charge in [0.25, 0.3) is 11.8 Å². The van der Waals surface area contributed by atoms with E-state index in [2.05, 4.69) is 10.6 Å². The number of halogens is 1. The maximum Gasteiger partial charge on any atom is 0.255 e. The Bertz CT molecular complexity index is 887. The lowest BCUT2D eigenvalue weighted by molar-refractivity contribution is -0.115. The first-order valence-corrected chi connectivity index (χ1v) is 7.86. The van der Waals surface area contributed by atoms with Gasteiger partial charge >= 0.3 is 0 Å². The van der Waals surface area contributed by atoms with Crippen molar-refractivity contribution >= 4 is 41.0 Å². The van der Waals surface area contributed by atoms with E-state index in [0.717, 1.165) is 0 Å². The third kappa shape index (κ3) is 4.28. The van der Waals surface area contributed by atoms with Gasteiger partial charge in [0.15, 0.2) is 5.78 Å². The van der Waals surface area contributed by atoms with E-state index in [0.29, 0.717) is 10.6 Å². The van der Waals surface area contributed by atoms with Gasteiger partial charge in [0.1, 0.15) is 11.3 Å². The molecule has 3 amide bonds. The van der Waals surface area contributed by atoms with Crippen molar-refractivity contribution in [1.29, 1.82) is 0 Å². The van der Waals surface area contributed by atoms with Crippen LogP contribution in [0.3, 0.4) is 0 Å². The summed E-state index contributed by atoms with van der Waals surface area (Å²) < 4.78 is 5.26. The van der Waals surface area contributed by atoms with Crippen LogP contribution in [0.15, 0.2) is 28.7 Å². The molecule has 0 radical (unpaired) electrons. The highest BCUT2D eigenvalue weighted by atomic mass is 35.5. The second-order valence-corrected chi connectivity index (χ2v) is 5.83. The minimum Gasteiger partial charge on any atom is -0.444 e. The topological polar surface area (TPSA) is 132 Å². The van der Waals surface area contributed by atoms with Gasteiger partial charge in [-0.2, -0.15) is 0 Å². The van der Waals surface area contributed by atoms with Gasteiger partial charge in [-0.15, -0.1) is 0 Å². The highest BCUT2D eigenvalue weighted by Crippen LogP contribution is 2.27. The largest absolute Gasteiger partial charge is 0.444 e. The molecule has 0 aliphatic heterocycles. The molecule has 1 aromatic heterocycles. The number of rotatable bonds is 6. The van der Waals surface area contributed by atoms with Crippen LogP contribution in [0, 0.1) is 6.92 Å². The van der Waals surface area contributed by atoms with Gasteiger partial charge in [-0.05, 0) is 38.1 Å². The van der Waals surface area contributed by atoms with Crippen LogP contribution in [0.4, 0.5) is 5.88 Å². The van der Waals surface area contributed by atoms with Crippen molar-refractivity contribution < 1.29 is 23.6 Å². The molecule has 1 heterocycles. The summed E-state index contributed by atoms with van der Waals surface area (Å²) in [6.07, 6.45) is 0. The molecule has 0 saturated heterocycles. The van der Waals surface area contributed by atoms with E-state index in [4.69, 9.17) is 21.8 Å². The first-order valence-electron chi connectivity index (χ1n) is 7.48. The van der Waals surface area contributed by atoms with Crippen LogP contribution in [0.5, 0.6) is 0 Å². The van der Waals surface area contributed by atoms with E-state index in [1.54, 1.807) is 12.1 Å². The van der Waals surface area contributed by atoms with Crippen LogP contribution in [0.2, 0.25) is 5.02 Å². The van der Waals surface area contributed by atoms with Crippen molar-refractivity contribution in [2.24, 2.45) is 5.73 Å². The molecular weight excluding hydrogens is 362 g/mol. The van der Waals surface area contributed by atoms with E-state index in [-0.39, 0.29) is 29.3 Å². The summed E-state index contributed by atoms with van der Waals surface area (Å²) in [6.45, 7) is 2.35. The first-order chi connectivity index (χ1) is 12.2. The number of aryl methyl sites for hydroxylation is 1. The average molecular weight is 378 g/mol. The van der Waals surface area contributed by atoms with Gasteiger partial charge in [0, 0.05) is 10.6 Å². The maximum atomic E-state index is 12.0. The van der Waals surface area contributed by atoms with Crippen LogP contribution in [0.25, 0.3) is 0 Å². The number of primary amides is 1. The summed E-state index contributed by atoms with van der Waals surface area (Å²) in [5.74, 6) is -2.53. The van der Waals surface area contributed by atoms with Crippen LogP contribution >= 0.6 is 11.6 Å². The fraction of sp³-hybridized carbons (Fsp3) is 0.176. The van der Waals surface area contributed by atoms with Crippen molar-refractivity contribution in [3.05, 3.63) is 51.7 Å². The van der Waals surface area contributed by atoms with Gasteiger partial charge in [0.2, 0.25) is 11.8 Å². The summed E-state index contributed by atoms with van der Waals surface area (Å²) in [5, 5.41) is 5.22. The quantitative estimate of drug-likeness (QED) is 0.661. The van der Waals surface area contributed by atoms with Crippen LogP contribution in [0.1, 0.15) is 43.8 Å². The summed E-state index contributed by atoms with van der Waals surface area (Å²) >= 11 is 5.74. The molecule has 0 saturated carbocycles. The number of nitrogens with two attached hydrogens (primary N) is 1. The van der Waals surface area contributed by atoms with Crippen molar-refractivity contribution in [2.45, 2.75) is 13.8 Å². The predicted molar refractivity (Wildman–Crippen MR) is 94.4 cm³/mol. The number of hydrogen-bond acceptors (Lipinski definition) is 5. The fourth-order valence-corrected chi connectivity index (χ4v) is 2.45. The minimum absolute atomic E-state index is 0.0120. The highest BCUT2D eigenvalue weighted by molar-refractivity contribution is 6.30. The normalized spacial score (nSPS) is 10.3. The number of benzene rings is 1. The lowest BCUT2D eigenvalue weighted by atomic mass is 10.1. The number of anilines is 1. The van der Waals surface area contributed by atoms with Crippen molar-refractivity contribution in [1.82, 2.24) is 5.32 Å². The Morgan fingerprint density at radius 2 is 1.73 bits per heavy atom. The van der Waals surface area contributed by atoms with E-state index >= 15 is 0 Å². The van der Waals surface area contributed by atoms with Crippen molar-refractivity contribution in [3.8, 4) is 0 Å². The zero-order valence-corrected chi connectivity index (χ0v) is 14.8. The predicted octanol–water partition coefficient (Wildman–Crippen LogP) is 1.91. The Kier molecular flexibility index (Phi) is 5.78. The third-order valence-corrected chi connectivity index (χ3v) is 3.70. The van der Waals surface area contributed by atoms with Crippen LogP contribution in [-0.4, -0.2) is 30.0 Å². The first kappa shape index (κ1) is 19.2. The van der Waals surface area contributed by atoms with Crippen LogP contribution in [-0.2, 0) is 4.79 Å². The Hall–Kier alpha value is -3.13. The molecule has 26 heavy (non-hydrogen) atoms. The van der Waals surface area contributed by atoms with Gasteiger partial charge in [0.05, 0.1) is 12.1 Å². The molecule has 136 valence electrons. The van der Waals surface area contributed by atoms with Crippen LogP contribution < -0.4 is 16.4 Å². The zero-order valence-electron chi connectivity index (χ0n) is 14.0. The second kappa shape index (κ2) is 7.83. The minimum atomic E-state index is -0.910. The molecule has 0 bridgehead atoms. The molecule has 2 rings (SSSR count). The van der Waals surface area contributed by atoms with E-state index in [1.165, 1.54) is 26.0 Å². The number of furan rings is 1. The molecule has 0 unspecified atom stereocenters. The summed E-state index contributed by atoms with van der Waals surface area (Å²) in [7, 11) is 0. The molecule has 4 N–H and O–H groups in total. The standard InChI is InChI=1S/C17H16ClN3O5/c1-8(22)13-9(2)26-17(14(13)15(19)24)21-12(23)7-20-16(25)10-3-5-11(18)6-4-10/h3-6H,7H2,1-2H3,(H2,19,24)(H,20,25)(H,21,23). The molecule has 0 atom stereocenters.